The molecule has 0 spiro atoms. The quantitative estimate of drug-likeness (QED) is 0.570. The lowest BCUT2D eigenvalue weighted by atomic mass is 10.0. The van der Waals surface area contributed by atoms with Crippen LogP contribution in [0.2, 0.25) is 25.7 Å². The summed E-state index contributed by atoms with van der Waals surface area (Å²) in [5.74, 6) is 1.22. The predicted molar refractivity (Wildman–Crippen MR) is 86.5 cm³/mol. The number of imidazole rings is 1. The number of nitrogens with zero attached hydrogens (tertiary/aromatic N) is 2. The molecule has 1 unspecified atom stereocenters. The molecule has 1 aliphatic heterocycles. The number of aromatic nitrogens is 2. The van der Waals surface area contributed by atoms with Gasteiger partial charge in [0.25, 0.3) is 0 Å². The van der Waals surface area contributed by atoms with Gasteiger partial charge in [0, 0.05) is 38.8 Å². The van der Waals surface area contributed by atoms with Gasteiger partial charge in [-0.1, -0.05) is 19.6 Å². The summed E-state index contributed by atoms with van der Waals surface area (Å²) < 4.78 is 13.7. The molecular formula is C16H28N2O2Si. The topological polar surface area (TPSA) is 36.3 Å². The van der Waals surface area contributed by atoms with Crippen LogP contribution in [0.5, 0.6) is 0 Å². The molecule has 1 aromatic rings. The fraction of sp³-hybridized carbons (Fsp3) is 0.812. The smallest absolute Gasteiger partial charge is 0.124 e. The van der Waals surface area contributed by atoms with Crippen LogP contribution in [-0.4, -0.2) is 37.4 Å². The average molecular weight is 308 g/mol. The Morgan fingerprint density at radius 1 is 1.29 bits per heavy atom. The number of hydrogen-bond donors (Lipinski definition) is 0. The van der Waals surface area contributed by atoms with Crippen molar-refractivity contribution >= 4 is 8.07 Å². The minimum atomic E-state index is -1.01. The van der Waals surface area contributed by atoms with Gasteiger partial charge in [-0.05, 0) is 25.3 Å². The van der Waals surface area contributed by atoms with E-state index < -0.39 is 8.07 Å². The second-order valence-corrected chi connectivity index (χ2v) is 13.3. The monoisotopic (exact) mass is 308 g/mol. The molecule has 2 aliphatic rings. The third-order valence-electron chi connectivity index (χ3n) is 4.42. The zero-order valence-corrected chi connectivity index (χ0v) is 14.6. The van der Waals surface area contributed by atoms with Gasteiger partial charge >= 0.3 is 0 Å². The van der Waals surface area contributed by atoms with E-state index in [0.29, 0.717) is 18.6 Å². The molecule has 0 amide bonds. The van der Waals surface area contributed by atoms with Crippen molar-refractivity contribution in [2.75, 3.05) is 19.8 Å². The summed E-state index contributed by atoms with van der Waals surface area (Å²) in [7, 11) is -1.01. The maximum atomic E-state index is 5.93. The van der Waals surface area contributed by atoms with E-state index in [2.05, 4.69) is 29.2 Å². The fourth-order valence-corrected chi connectivity index (χ4v) is 3.67. The second-order valence-electron chi connectivity index (χ2n) is 7.67. The van der Waals surface area contributed by atoms with Gasteiger partial charge < -0.3 is 14.0 Å². The van der Waals surface area contributed by atoms with Gasteiger partial charge in [-0.3, -0.25) is 0 Å². The van der Waals surface area contributed by atoms with Crippen LogP contribution in [-0.2, 0) is 16.2 Å². The summed E-state index contributed by atoms with van der Waals surface area (Å²) in [6.07, 6.45) is 5.71. The SMILES string of the molecule is C[Si](C)(C)CCOCn1cnc(C2CC2)c1C1CCOC1. The minimum Gasteiger partial charge on any atom is -0.381 e. The van der Waals surface area contributed by atoms with Crippen LogP contribution in [0.4, 0.5) is 0 Å². The van der Waals surface area contributed by atoms with E-state index in [1.807, 2.05) is 6.33 Å². The molecule has 0 radical (unpaired) electrons. The van der Waals surface area contributed by atoms with Gasteiger partial charge in [0.15, 0.2) is 0 Å². The van der Waals surface area contributed by atoms with E-state index in [1.165, 1.54) is 30.3 Å². The molecule has 1 saturated heterocycles. The summed E-state index contributed by atoms with van der Waals surface area (Å²) >= 11 is 0. The summed E-state index contributed by atoms with van der Waals surface area (Å²) in [5.41, 5.74) is 2.71. The van der Waals surface area contributed by atoms with E-state index in [1.54, 1.807) is 0 Å². The molecule has 0 bridgehead atoms. The van der Waals surface area contributed by atoms with E-state index in [9.17, 15) is 0 Å². The molecule has 1 atom stereocenters. The number of ether oxygens (including phenoxy) is 2. The average Bonchev–Trinajstić information content (AvgIpc) is 2.97. The van der Waals surface area contributed by atoms with E-state index in [4.69, 9.17) is 9.47 Å². The first-order chi connectivity index (χ1) is 10.0. The standard InChI is InChI=1S/C16H28N2O2Si/c1-21(2,3)9-8-20-12-18-11-17-15(13-4-5-13)16(18)14-6-7-19-10-14/h11,13-14H,4-10,12H2,1-3H3. The normalized spacial score (nSPS) is 22.9. The lowest BCUT2D eigenvalue weighted by molar-refractivity contribution is 0.0841. The van der Waals surface area contributed by atoms with Crippen LogP contribution in [0.3, 0.4) is 0 Å². The largest absolute Gasteiger partial charge is 0.381 e. The lowest BCUT2D eigenvalue weighted by Gasteiger charge is -2.17. The molecule has 5 heteroatoms. The molecule has 1 aliphatic carbocycles. The van der Waals surface area contributed by atoms with E-state index >= 15 is 0 Å². The van der Waals surface area contributed by atoms with Crippen molar-refractivity contribution in [2.45, 2.75) is 63.5 Å². The highest BCUT2D eigenvalue weighted by Gasteiger charge is 2.33. The van der Waals surface area contributed by atoms with Crippen LogP contribution in [0.15, 0.2) is 6.33 Å². The van der Waals surface area contributed by atoms with Gasteiger partial charge in [-0.2, -0.15) is 0 Å². The Morgan fingerprint density at radius 2 is 2.10 bits per heavy atom. The summed E-state index contributed by atoms with van der Waals surface area (Å²) in [5, 5.41) is 0. The Balaban J connectivity index is 1.64. The van der Waals surface area contributed by atoms with Gasteiger partial charge in [0.2, 0.25) is 0 Å². The second kappa shape index (κ2) is 6.22. The number of rotatable bonds is 7. The molecule has 2 heterocycles. The Labute approximate surface area is 128 Å². The Hall–Kier alpha value is -0.653. The molecule has 0 aromatic carbocycles. The first-order valence-corrected chi connectivity index (χ1v) is 12.0. The van der Waals surface area contributed by atoms with Crippen molar-refractivity contribution in [3.05, 3.63) is 17.7 Å². The first kappa shape index (κ1) is 15.3. The fourth-order valence-electron chi connectivity index (χ4n) is 2.92. The van der Waals surface area contributed by atoms with Crippen molar-refractivity contribution in [1.29, 1.82) is 0 Å². The van der Waals surface area contributed by atoms with Crippen molar-refractivity contribution in [2.24, 2.45) is 0 Å². The van der Waals surface area contributed by atoms with Crippen molar-refractivity contribution in [1.82, 2.24) is 9.55 Å². The van der Waals surface area contributed by atoms with Crippen LogP contribution in [0, 0.1) is 0 Å². The number of hydrogen-bond acceptors (Lipinski definition) is 3. The lowest BCUT2D eigenvalue weighted by Crippen LogP contribution is -2.22. The highest BCUT2D eigenvalue weighted by atomic mass is 28.3. The summed E-state index contributed by atoms with van der Waals surface area (Å²) in [6, 6.07) is 1.22. The van der Waals surface area contributed by atoms with Crippen molar-refractivity contribution in [3.63, 3.8) is 0 Å². The molecule has 1 saturated carbocycles. The highest BCUT2D eigenvalue weighted by Crippen LogP contribution is 2.43. The summed E-state index contributed by atoms with van der Waals surface area (Å²) in [6.45, 7) is 10.4. The maximum Gasteiger partial charge on any atom is 0.124 e. The van der Waals surface area contributed by atoms with Gasteiger partial charge in [0.05, 0.1) is 18.6 Å². The van der Waals surface area contributed by atoms with Crippen LogP contribution < -0.4 is 0 Å². The molecular weight excluding hydrogens is 280 g/mol. The highest BCUT2D eigenvalue weighted by molar-refractivity contribution is 6.76. The Kier molecular flexibility index (Phi) is 4.52. The molecule has 118 valence electrons. The first-order valence-electron chi connectivity index (χ1n) is 8.25. The van der Waals surface area contributed by atoms with Crippen molar-refractivity contribution in [3.8, 4) is 0 Å². The Bertz CT molecular complexity index is 471. The van der Waals surface area contributed by atoms with E-state index in [-0.39, 0.29) is 0 Å². The Morgan fingerprint density at radius 3 is 2.71 bits per heavy atom. The van der Waals surface area contributed by atoms with Gasteiger partial charge in [-0.25, -0.2) is 4.98 Å². The van der Waals surface area contributed by atoms with Crippen LogP contribution >= 0.6 is 0 Å². The zero-order chi connectivity index (χ0) is 14.9. The minimum absolute atomic E-state index is 0.517. The van der Waals surface area contributed by atoms with E-state index in [0.717, 1.165) is 26.2 Å². The molecule has 0 N–H and O–H groups in total. The molecule has 1 aromatic heterocycles. The predicted octanol–water partition coefficient (Wildman–Crippen LogP) is 3.58. The van der Waals surface area contributed by atoms with Crippen molar-refractivity contribution < 1.29 is 9.47 Å². The zero-order valence-electron chi connectivity index (χ0n) is 13.6. The maximum absolute atomic E-state index is 5.93. The third kappa shape index (κ3) is 3.96. The molecule has 2 fully saturated rings. The molecule has 4 nitrogen and oxygen atoms in total. The summed E-state index contributed by atoms with van der Waals surface area (Å²) in [4.78, 5) is 4.69. The van der Waals surface area contributed by atoms with Crippen LogP contribution in [0.25, 0.3) is 0 Å². The molecule has 3 rings (SSSR count). The third-order valence-corrected chi connectivity index (χ3v) is 6.12. The molecule has 21 heavy (non-hydrogen) atoms. The van der Waals surface area contributed by atoms with Gasteiger partial charge in [0.1, 0.15) is 6.73 Å². The van der Waals surface area contributed by atoms with Crippen LogP contribution in [0.1, 0.15) is 42.5 Å². The van der Waals surface area contributed by atoms with Gasteiger partial charge in [-0.15, -0.1) is 0 Å².